The average Bonchev–Trinajstić information content (AvgIpc) is 2.48. The van der Waals surface area contributed by atoms with Crippen molar-refractivity contribution >= 4 is 5.97 Å². The Kier molecular flexibility index (Phi) is 4.93. The van der Waals surface area contributed by atoms with Crippen LogP contribution in [-0.4, -0.2) is 54.9 Å². The van der Waals surface area contributed by atoms with Crippen molar-refractivity contribution in [1.82, 2.24) is 4.90 Å². The summed E-state index contributed by atoms with van der Waals surface area (Å²) in [5, 5.41) is 17.6. The number of hydrogen-bond acceptors (Lipinski definition) is 5. The molecular weight excluding hydrogens is 260 g/mol. The van der Waals surface area contributed by atoms with Crippen LogP contribution < -0.4 is 4.74 Å². The SMILES string of the molecule is N#CC1CN(CCOc2ccc(C(=O)O)cc2)CCO1. The van der Waals surface area contributed by atoms with Crippen LogP contribution >= 0.6 is 0 Å². The lowest BCUT2D eigenvalue weighted by Gasteiger charge is -2.29. The molecule has 2 rings (SSSR count). The van der Waals surface area contributed by atoms with Crippen molar-refractivity contribution < 1.29 is 19.4 Å². The summed E-state index contributed by atoms with van der Waals surface area (Å²) in [6.45, 7) is 3.15. The first-order chi connectivity index (χ1) is 9.69. The molecule has 6 nitrogen and oxygen atoms in total. The summed E-state index contributed by atoms with van der Waals surface area (Å²) in [6, 6.07) is 8.40. The second kappa shape index (κ2) is 6.89. The summed E-state index contributed by atoms with van der Waals surface area (Å²) in [6.07, 6.45) is -0.362. The van der Waals surface area contributed by atoms with E-state index in [1.165, 1.54) is 12.1 Å². The Labute approximate surface area is 117 Å². The molecule has 0 bridgehead atoms. The van der Waals surface area contributed by atoms with Gasteiger partial charge in [0, 0.05) is 19.6 Å². The monoisotopic (exact) mass is 276 g/mol. The van der Waals surface area contributed by atoms with Crippen molar-refractivity contribution in [3.05, 3.63) is 29.8 Å². The molecule has 1 heterocycles. The maximum absolute atomic E-state index is 10.7. The maximum atomic E-state index is 10.7. The van der Waals surface area contributed by atoms with E-state index in [9.17, 15) is 4.79 Å². The molecule has 1 N–H and O–H groups in total. The molecule has 1 atom stereocenters. The highest BCUT2D eigenvalue weighted by molar-refractivity contribution is 5.87. The number of rotatable bonds is 5. The van der Waals surface area contributed by atoms with E-state index in [0.717, 1.165) is 6.54 Å². The van der Waals surface area contributed by atoms with Gasteiger partial charge in [0.1, 0.15) is 12.4 Å². The number of morpholine rings is 1. The summed E-state index contributed by atoms with van der Waals surface area (Å²) < 4.78 is 10.8. The van der Waals surface area contributed by atoms with E-state index in [1.807, 2.05) is 0 Å². The molecule has 20 heavy (non-hydrogen) atoms. The molecule has 1 aliphatic heterocycles. The van der Waals surface area contributed by atoms with Crippen LogP contribution in [-0.2, 0) is 4.74 Å². The number of hydrogen-bond donors (Lipinski definition) is 1. The summed E-state index contributed by atoms with van der Waals surface area (Å²) in [5.74, 6) is -0.312. The molecule has 1 aromatic carbocycles. The summed E-state index contributed by atoms with van der Waals surface area (Å²) in [7, 11) is 0. The van der Waals surface area contributed by atoms with Gasteiger partial charge in [0.05, 0.1) is 18.2 Å². The minimum absolute atomic E-state index is 0.238. The molecule has 0 saturated carbocycles. The van der Waals surface area contributed by atoms with Crippen LogP contribution in [0.1, 0.15) is 10.4 Å². The molecule has 0 spiro atoms. The first kappa shape index (κ1) is 14.3. The first-order valence-electron chi connectivity index (χ1n) is 6.39. The molecule has 1 saturated heterocycles. The zero-order chi connectivity index (χ0) is 14.4. The van der Waals surface area contributed by atoms with Gasteiger partial charge in [0.2, 0.25) is 0 Å². The maximum Gasteiger partial charge on any atom is 0.335 e. The quantitative estimate of drug-likeness (QED) is 0.863. The molecular formula is C14H16N2O4. The second-order valence-corrected chi connectivity index (χ2v) is 4.47. The topological polar surface area (TPSA) is 82.8 Å². The number of aromatic carboxylic acids is 1. The number of carboxylic acid groups (broad SMARTS) is 1. The third-order valence-corrected chi connectivity index (χ3v) is 3.07. The molecule has 106 valence electrons. The van der Waals surface area contributed by atoms with Gasteiger partial charge in [0.15, 0.2) is 6.10 Å². The molecule has 0 aromatic heterocycles. The molecule has 0 radical (unpaired) electrons. The summed E-state index contributed by atoms with van der Waals surface area (Å²) in [5.41, 5.74) is 0.238. The Morgan fingerprint density at radius 2 is 2.25 bits per heavy atom. The highest BCUT2D eigenvalue weighted by Gasteiger charge is 2.19. The molecule has 1 unspecified atom stereocenters. The molecule has 1 aliphatic rings. The van der Waals surface area contributed by atoms with Crippen LogP contribution in [0.15, 0.2) is 24.3 Å². The van der Waals surface area contributed by atoms with Crippen molar-refractivity contribution in [3.63, 3.8) is 0 Å². The van der Waals surface area contributed by atoms with Gasteiger partial charge in [-0.1, -0.05) is 0 Å². The highest BCUT2D eigenvalue weighted by atomic mass is 16.5. The number of nitrogens with zero attached hydrogens (tertiary/aromatic N) is 2. The number of benzene rings is 1. The minimum Gasteiger partial charge on any atom is -0.492 e. The fourth-order valence-corrected chi connectivity index (χ4v) is 1.97. The molecule has 1 aromatic rings. The van der Waals surface area contributed by atoms with E-state index in [0.29, 0.717) is 32.1 Å². The standard InChI is InChI=1S/C14H16N2O4/c15-9-13-10-16(6-8-20-13)5-7-19-12-3-1-11(2-4-12)14(17)18/h1-4,13H,5-8,10H2,(H,17,18). The van der Waals surface area contributed by atoms with Gasteiger partial charge in [0.25, 0.3) is 0 Å². The predicted octanol–water partition coefficient (Wildman–Crippen LogP) is 0.988. The molecule has 0 aliphatic carbocycles. The number of nitriles is 1. The fraction of sp³-hybridized carbons (Fsp3) is 0.429. The first-order valence-corrected chi connectivity index (χ1v) is 6.39. The zero-order valence-electron chi connectivity index (χ0n) is 11.0. The van der Waals surface area contributed by atoms with E-state index in [2.05, 4.69) is 11.0 Å². The van der Waals surface area contributed by atoms with E-state index >= 15 is 0 Å². The predicted molar refractivity (Wildman–Crippen MR) is 70.7 cm³/mol. The van der Waals surface area contributed by atoms with Crippen LogP contribution in [0, 0.1) is 11.3 Å². The van der Waals surface area contributed by atoms with Crippen LogP contribution in [0.25, 0.3) is 0 Å². The highest BCUT2D eigenvalue weighted by Crippen LogP contribution is 2.12. The van der Waals surface area contributed by atoms with E-state index in [1.54, 1.807) is 12.1 Å². The smallest absolute Gasteiger partial charge is 0.335 e. The van der Waals surface area contributed by atoms with Crippen LogP contribution in [0.2, 0.25) is 0 Å². The Hall–Kier alpha value is -2.10. The second-order valence-electron chi connectivity index (χ2n) is 4.47. The van der Waals surface area contributed by atoms with Crippen molar-refractivity contribution in [2.45, 2.75) is 6.10 Å². The Balaban J connectivity index is 1.75. The molecule has 1 fully saturated rings. The summed E-state index contributed by atoms with van der Waals surface area (Å²) in [4.78, 5) is 12.8. The van der Waals surface area contributed by atoms with Gasteiger partial charge in [-0.05, 0) is 24.3 Å². The lowest BCUT2D eigenvalue weighted by molar-refractivity contribution is -0.00334. The van der Waals surface area contributed by atoms with Gasteiger partial charge in [-0.15, -0.1) is 0 Å². The van der Waals surface area contributed by atoms with E-state index in [4.69, 9.17) is 19.8 Å². The van der Waals surface area contributed by atoms with Crippen LogP contribution in [0.4, 0.5) is 0 Å². The number of ether oxygens (including phenoxy) is 2. The van der Waals surface area contributed by atoms with Gasteiger partial charge < -0.3 is 14.6 Å². The molecule has 0 amide bonds. The number of carboxylic acids is 1. The Morgan fingerprint density at radius 3 is 2.90 bits per heavy atom. The van der Waals surface area contributed by atoms with Gasteiger partial charge in [-0.3, -0.25) is 4.90 Å². The zero-order valence-corrected chi connectivity index (χ0v) is 11.0. The van der Waals surface area contributed by atoms with Crippen molar-refractivity contribution in [2.24, 2.45) is 0 Å². The third-order valence-electron chi connectivity index (χ3n) is 3.07. The van der Waals surface area contributed by atoms with Gasteiger partial charge in [-0.25, -0.2) is 4.79 Å². The van der Waals surface area contributed by atoms with Gasteiger partial charge in [-0.2, -0.15) is 5.26 Å². The van der Waals surface area contributed by atoms with E-state index < -0.39 is 5.97 Å². The van der Waals surface area contributed by atoms with Crippen molar-refractivity contribution in [3.8, 4) is 11.8 Å². The van der Waals surface area contributed by atoms with Gasteiger partial charge >= 0.3 is 5.97 Å². The lowest BCUT2D eigenvalue weighted by Crippen LogP contribution is -2.43. The Bertz CT molecular complexity index is 495. The van der Waals surface area contributed by atoms with Crippen molar-refractivity contribution in [1.29, 1.82) is 5.26 Å². The largest absolute Gasteiger partial charge is 0.492 e. The van der Waals surface area contributed by atoms with Crippen molar-refractivity contribution in [2.75, 3.05) is 32.8 Å². The summed E-state index contributed by atoms with van der Waals surface area (Å²) >= 11 is 0. The Morgan fingerprint density at radius 1 is 1.50 bits per heavy atom. The normalized spacial score (nSPS) is 19.2. The average molecular weight is 276 g/mol. The molecule has 6 heteroatoms. The minimum atomic E-state index is -0.951. The fourth-order valence-electron chi connectivity index (χ4n) is 1.97. The third kappa shape index (κ3) is 3.95. The van der Waals surface area contributed by atoms with E-state index in [-0.39, 0.29) is 11.7 Å². The van der Waals surface area contributed by atoms with Crippen LogP contribution in [0.3, 0.4) is 0 Å². The number of carbonyl (C=O) groups is 1. The van der Waals surface area contributed by atoms with Crippen LogP contribution in [0.5, 0.6) is 5.75 Å². The lowest BCUT2D eigenvalue weighted by atomic mass is 10.2.